The van der Waals surface area contributed by atoms with Gasteiger partial charge in [0.1, 0.15) is 0 Å². The van der Waals surface area contributed by atoms with Crippen molar-refractivity contribution in [1.82, 2.24) is 0 Å². The summed E-state index contributed by atoms with van der Waals surface area (Å²) in [5.41, 5.74) is 1.14. The normalized spacial score (nSPS) is 11.0. The fourth-order valence-corrected chi connectivity index (χ4v) is 3.67. The van der Waals surface area contributed by atoms with Gasteiger partial charge in [-0.2, -0.15) is 8.42 Å². The predicted octanol–water partition coefficient (Wildman–Crippen LogP) is 3.40. The van der Waals surface area contributed by atoms with Gasteiger partial charge >= 0.3 is 10.2 Å². The van der Waals surface area contributed by atoms with E-state index >= 15 is 0 Å². The molecular formula is C17H20ClN3O3S. The van der Waals surface area contributed by atoms with Crippen LogP contribution in [0.3, 0.4) is 0 Å². The second-order valence-corrected chi connectivity index (χ2v) is 7.62. The van der Waals surface area contributed by atoms with Crippen LogP contribution in [-0.2, 0) is 15.0 Å². The van der Waals surface area contributed by atoms with Crippen LogP contribution >= 0.6 is 11.8 Å². The maximum Gasteiger partial charge on any atom is 0.325 e. The zero-order valence-electron chi connectivity index (χ0n) is 14.3. The molecule has 0 radical (unpaired) electrons. The SMILES string of the molecule is CCC(=O)N(Cl)c1ccccc1N(C)S(=O)(=O)N(C)c1ccccc1. The lowest BCUT2D eigenvalue weighted by molar-refractivity contribution is -0.117. The Balaban J connectivity index is 2.43. The van der Waals surface area contributed by atoms with Crippen molar-refractivity contribution in [3.05, 3.63) is 54.6 Å². The molecule has 0 spiro atoms. The maximum atomic E-state index is 13.0. The van der Waals surface area contributed by atoms with Crippen molar-refractivity contribution in [1.29, 1.82) is 0 Å². The molecule has 1 amide bonds. The number of nitrogens with zero attached hydrogens (tertiary/aromatic N) is 3. The Labute approximate surface area is 153 Å². The molecule has 0 aliphatic heterocycles. The molecule has 0 unspecified atom stereocenters. The van der Waals surface area contributed by atoms with Crippen LogP contribution in [0.15, 0.2) is 54.6 Å². The molecule has 0 atom stereocenters. The molecule has 0 aliphatic carbocycles. The van der Waals surface area contributed by atoms with Crippen LogP contribution in [0.5, 0.6) is 0 Å². The standard InChI is InChI=1S/C17H20ClN3O3S/c1-4-17(22)21(18)16-13-9-8-12-15(16)20(3)25(23,24)19(2)14-10-6-5-7-11-14/h5-13H,4H2,1-3H3. The number of rotatable bonds is 6. The molecule has 0 saturated carbocycles. The Bertz CT molecular complexity index is 843. The molecule has 2 rings (SSSR count). The topological polar surface area (TPSA) is 60.9 Å². The molecule has 0 heterocycles. The summed E-state index contributed by atoms with van der Waals surface area (Å²) in [5, 5.41) is 0. The highest BCUT2D eigenvalue weighted by molar-refractivity contribution is 7.94. The number of carbonyl (C=O) groups excluding carboxylic acids is 1. The molecular weight excluding hydrogens is 362 g/mol. The van der Waals surface area contributed by atoms with Gasteiger partial charge in [-0.05, 0) is 24.3 Å². The van der Waals surface area contributed by atoms with E-state index in [-0.39, 0.29) is 12.3 Å². The van der Waals surface area contributed by atoms with Crippen molar-refractivity contribution in [2.45, 2.75) is 13.3 Å². The van der Waals surface area contributed by atoms with E-state index in [1.54, 1.807) is 55.5 Å². The van der Waals surface area contributed by atoms with Gasteiger partial charge in [0.05, 0.1) is 17.1 Å². The largest absolute Gasteiger partial charge is 0.325 e. The third kappa shape index (κ3) is 3.88. The molecule has 25 heavy (non-hydrogen) atoms. The van der Waals surface area contributed by atoms with Gasteiger partial charge in [0, 0.05) is 32.3 Å². The number of benzene rings is 2. The zero-order valence-corrected chi connectivity index (χ0v) is 15.8. The second kappa shape index (κ2) is 7.76. The van der Waals surface area contributed by atoms with Crippen molar-refractivity contribution >= 4 is 45.0 Å². The Hall–Kier alpha value is -2.25. The van der Waals surface area contributed by atoms with E-state index in [0.717, 1.165) is 8.72 Å². The number of halogens is 1. The quantitative estimate of drug-likeness (QED) is 0.720. The molecule has 134 valence electrons. The summed E-state index contributed by atoms with van der Waals surface area (Å²) < 4.78 is 29.1. The third-order valence-electron chi connectivity index (χ3n) is 3.77. The van der Waals surface area contributed by atoms with Crippen LogP contribution in [0, 0.1) is 0 Å². The van der Waals surface area contributed by atoms with E-state index in [9.17, 15) is 13.2 Å². The Morgan fingerprint density at radius 1 is 0.920 bits per heavy atom. The second-order valence-electron chi connectivity index (χ2n) is 5.30. The fraction of sp³-hybridized carbons (Fsp3) is 0.235. The van der Waals surface area contributed by atoms with Gasteiger partial charge in [-0.1, -0.05) is 37.3 Å². The van der Waals surface area contributed by atoms with Crippen molar-refractivity contribution in [3.63, 3.8) is 0 Å². The highest BCUT2D eigenvalue weighted by atomic mass is 35.5. The highest BCUT2D eigenvalue weighted by Crippen LogP contribution is 2.33. The lowest BCUT2D eigenvalue weighted by Crippen LogP contribution is -2.40. The van der Waals surface area contributed by atoms with Crippen LogP contribution in [-0.4, -0.2) is 28.4 Å². The average Bonchev–Trinajstić information content (AvgIpc) is 2.66. The maximum absolute atomic E-state index is 13.0. The summed E-state index contributed by atoms with van der Waals surface area (Å²) in [6.45, 7) is 1.68. The lowest BCUT2D eigenvalue weighted by Gasteiger charge is -2.29. The van der Waals surface area contributed by atoms with Gasteiger partial charge in [-0.15, -0.1) is 0 Å². The van der Waals surface area contributed by atoms with Crippen molar-refractivity contribution in [2.75, 3.05) is 27.1 Å². The van der Waals surface area contributed by atoms with E-state index in [2.05, 4.69) is 0 Å². The van der Waals surface area contributed by atoms with E-state index in [0.29, 0.717) is 17.1 Å². The van der Waals surface area contributed by atoms with Gasteiger partial charge in [-0.3, -0.25) is 13.4 Å². The van der Waals surface area contributed by atoms with Gasteiger partial charge in [0.15, 0.2) is 0 Å². The van der Waals surface area contributed by atoms with Crippen LogP contribution in [0.2, 0.25) is 0 Å². The molecule has 0 aromatic heterocycles. The van der Waals surface area contributed by atoms with Crippen LogP contribution in [0.1, 0.15) is 13.3 Å². The minimum atomic E-state index is -3.86. The number of hydrogen-bond donors (Lipinski definition) is 0. The van der Waals surface area contributed by atoms with E-state index in [1.807, 2.05) is 6.07 Å². The van der Waals surface area contributed by atoms with Crippen molar-refractivity contribution in [2.24, 2.45) is 0 Å². The Kier molecular flexibility index (Phi) is 5.92. The van der Waals surface area contributed by atoms with Crippen molar-refractivity contribution in [3.8, 4) is 0 Å². The minimum absolute atomic E-state index is 0.207. The number of para-hydroxylation sites is 3. The van der Waals surface area contributed by atoms with Gasteiger partial charge < -0.3 is 0 Å². The van der Waals surface area contributed by atoms with Gasteiger partial charge in [-0.25, -0.2) is 4.42 Å². The number of anilines is 3. The summed E-state index contributed by atoms with van der Waals surface area (Å²) in [7, 11) is -0.966. The summed E-state index contributed by atoms with van der Waals surface area (Å²) in [5.74, 6) is -0.323. The zero-order chi connectivity index (χ0) is 18.6. The number of amides is 1. The summed E-state index contributed by atoms with van der Waals surface area (Å²) in [6, 6.07) is 15.3. The Morgan fingerprint density at radius 3 is 2.00 bits per heavy atom. The van der Waals surface area contributed by atoms with Crippen LogP contribution in [0.4, 0.5) is 17.1 Å². The van der Waals surface area contributed by atoms with E-state index in [4.69, 9.17) is 11.8 Å². The van der Waals surface area contributed by atoms with Crippen molar-refractivity contribution < 1.29 is 13.2 Å². The first kappa shape index (κ1) is 19.1. The third-order valence-corrected chi connectivity index (χ3v) is 5.93. The lowest BCUT2D eigenvalue weighted by atomic mass is 10.2. The fourth-order valence-electron chi connectivity index (χ4n) is 2.25. The number of carbonyl (C=O) groups is 1. The molecule has 2 aromatic carbocycles. The molecule has 0 bridgehead atoms. The summed E-state index contributed by atoms with van der Waals surface area (Å²) in [4.78, 5) is 11.9. The first-order valence-electron chi connectivity index (χ1n) is 7.66. The predicted molar refractivity (Wildman–Crippen MR) is 102 cm³/mol. The van der Waals surface area contributed by atoms with E-state index in [1.165, 1.54) is 18.4 Å². The summed E-state index contributed by atoms with van der Waals surface area (Å²) in [6.07, 6.45) is 0.207. The molecule has 0 aliphatic rings. The highest BCUT2D eigenvalue weighted by Gasteiger charge is 2.28. The molecule has 2 aromatic rings. The van der Waals surface area contributed by atoms with Crippen LogP contribution in [0.25, 0.3) is 0 Å². The first-order valence-corrected chi connectivity index (χ1v) is 9.39. The van der Waals surface area contributed by atoms with Gasteiger partial charge in [0.25, 0.3) is 0 Å². The smallest absolute Gasteiger partial charge is 0.273 e. The van der Waals surface area contributed by atoms with Gasteiger partial charge in [0.2, 0.25) is 5.91 Å². The molecule has 0 fully saturated rings. The molecule has 8 heteroatoms. The van der Waals surface area contributed by atoms with E-state index < -0.39 is 10.2 Å². The number of hydrogen-bond acceptors (Lipinski definition) is 3. The minimum Gasteiger partial charge on any atom is -0.273 e. The molecule has 6 nitrogen and oxygen atoms in total. The summed E-state index contributed by atoms with van der Waals surface area (Å²) >= 11 is 6.10. The molecule has 0 saturated heterocycles. The average molecular weight is 382 g/mol. The first-order chi connectivity index (χ1) is 11.8. The molecule has 0 N–H and O–H groups in total. The monoisotopic (exact) mass is 381 g/mol. The Morgan fingerprint density at radius 2 is 1.44 bits per heavy atom. The van der Waals surface area contributed by atoms with Crippen LogP contribution < -0.4 is 13.0 Å².